The van der Waals surface area contributed by atoms with E-state index in [9.17, 15) is 9.59 Å². The van der Waals surface area contributed by atoms with Crippen LogP contribution in [0, 0.1) is 35.5 Å². The lowest BCUT2D eigenvalue weighted by Crippen LogP contribution is -2.40. The summed E-state index contributed by atoms with van der Waals surface area (Å²) in [5.74, 6) is 1.67. The zero-order chi connectivity index (χ0) is 18.1. The first-order chi connectivity index (χ1) is 13.2. The maximum Gasteiger partial charge on any atom is 0.238 e. The van der Waals surface area contributed by atoms with E-state index in [1.54, 1.807) is 0 Å². The number of imide groups is 1. The molecule has 1 aromatic rings. The highest BCUT2D eigenvalue weighted by Crippen LogP contribution is 2.65. The summed E-state index contributed by atoms with van der Waals surface area (Å²) in [4.78, 5) is 30.2. The van der Waals surface area contributed by atoms with Crippen molar-refractivity contribution in [3.05, 3.63) is 42.0 Å². The molecule has 0 N–H and O–H groups in total. The predicted molar refractivity (Wildman–Crippen MR) is 99.7 cm³/mol. The van der Waals surface area contributed by atoms with Gasteiger partial charge in [0.05, 0.1) is 30.7 Å². The molecular weight excluding hydrogens is 340 g/mol. The number of ether oxygens (including phenoxy) is 1. The predicted octanol–water partition coefficient (Wildman–Crippen LogP) is 2.08. The fourth-order valence-electron chi connectivity index (χ4n) is 5.98. The first-order valence-electron chi connectivity index (χ1n) is 10.2. The molecule has 2 saturated heterocycles. The molecule has 2 saturated carbocycles. The van der Waals surface area contributed by atoms with E-state index in [0.717, 1.165) is 38.5 Å². The third kappa shape index (κ3) is 2.31. The SMILES string of the molecule is O=C1[C@H]2[C@@H]3C=C[C@@H]([C@H]4C[C@H]34)[C@@H]2C(=O)N1c1ccc(CN2CCOCC2)cc1. The highest BCUT2D eigenvalue weighted by Gasteiger charge is 2.67. The Balaban J connectivity index is 1.23. The molecule has 0 radical (unpaired) electrons. The van der Waals surface area contributed by atoms with Crippen LogP contribution in [0.2, 0.25) is 0 Å². The van der Waals surface area contributed by atoms with Gasteiger partial charge in [0.2, 0.25) is 11.8 Å². The van der Waals surface area contributed by atoms with Gasteiger partial charge in [-0.25, -0.2) is 0 Å². The molecule has 0 aromatic heterocycles. The van der Waals surface area contributed by atoms with Crippen molar-refractivity contribution in [2.45, 2.75) is 13.0 Å². The summed E-state index contributed by atoms with van der Waals surface area (Å²) in [6, 6.07) is 7.99. The quantitative estimate of drug-likeness (QED) is 0.609. The van der Waals surface area contributed by atoms with Gasteiger partial charge in [-0.1, -0.05) is 24.3 Å². The van der Waals surface area contributed by atoms with E-state index >= 15 is 0 Å². The normalized spacial score (nSPS) is 39.6. The van der Waals surface area contributed by atoms with Gasteiger partial charge in [-0.15, -0.1) is 0 Å². The fraction of sp³-hybridized carbons (Fsp3) is 0.545. The third-order valence-corrected chi connectivity index (χ3v) is 7.37. The highest BCUT2D eigenvalue weighted by atomic mass is 16.5. The molecular formula is C22H24N2O3. The molecule has 2 amide bonds. The number of carbonyl (C=O) groups excluding carboxylic acids is 2. The van der Waals surface area contributed by atoms with Crippen molar-refractivity contribution >= 4 is 17.5 Å². The summed E-state index contributed by atoms with van der Waals surface area (Å²) in [7, 11) is 0. The molecule has 4 aliphatic carbocycles. The topological polar surface area (TPSA) is 49.9 Å². The largest absolute Gasteiger partial charge is 0.379 e. The second-order valence-electron chi connectivity index (χ2n) is 8.72. The number of hydrogen-bond acceptors (Lipinski definition) is 4. The van der Waals surface area contributed by atoms with Crippen molar-refractivity contribution in [3.63, 3.8) is 0 Å². The van der Waals surface area contributed by atoms with E-state index in [0.29, 0.717) is 11.8 Å². The number of carbonyl (C=O) groups is 2. The van der Waals surface area contributed by atoms with Crippen molar-refractivity contribution in [3.8, 4) is 0 Å². The van der Waals surface area contributed by atoms with Crippen LogP contribution in [-0.4, -0.2) is 43.0 Å². The molecule has 0 spiro atoms. The van der Waals surface area contributed by atoms with Gasteiger partial charge in [0, 0.05) is 19.6 Å². The van der Waals surface area contributed by atoms with E-state index in [-0.39, 0.29) is 35.5 Å². The Morgan fingerprint density at radius 1 is 0.889 bits per heavy atom. The summed E-state index contributed by atoms with van der Waals surface area (Å²) in [6.45, 7) is 4.36. The molecule has 5 heteroatoms. The van der Waals surface area contributed by atoms with E-state index in [1.165, 1.54) is 16.9 Å². The zero-order valence-electron chi connectivity index (χ0n) is 15.3. The molecule has 2 aliphatic heterocycles. The van der Waals surface area contributed by atoms with E-state index < -0.39 is 0 Å². The first-order valence-corrected chi connectivity index (χ1v) is 10.2. The minimum absolute atomic E-state index is 0.0237. The number of morpholine rings is 1. The van der Waals surface area contributed by atoms with Crippen molar-refractivity contribution in [2.24, 2.45) is 35.5 Å². The molecule has 2 bridgehead atoms. The summed E-state index contributed by atoms with van der Waals surface area (Å²) in [5.41, 5.74) is 1.94. The van der Waals surface area contributed by atoms with Crippen molar-refractivity contribution in [2.75, 3.05) is 31.2 Å². The monoisotopic (exact) mass is 364 g/mol. The van der Waals surface area contributed by atoms with E-state index in [1.807, 2.05) is 12.1 Å². The zero-order valence-corrected chi connectivity index (χ0v) is 15.3. The molecule has 140 valence electrons. The van der Waals surface area contributed by atoms with Crippen LogP contribution in [0.25, 0.3) is 0 Å². The molecule has 1 aromatic carbocycles. The smallest absolute Gasteiger partial charge is 0.238 e. The second-order valence-corrected chi connectivity index (χ2v) is 8.72. The third-order valence-electron chi connectivity index (χ3n) is 7.37. The first kappa shape index (κ1) is 16.0. The van der Waals surface area contributed by atoms with Crippen molar-refractivity contribution < 1.29 is 14.3 Å². The number of benzene rings is 1. The Hall–Kier alpha value is -1.98. The van der Waals surface area contributed by atoms with Crippen LogP contribution >= 0.6 is 0 Å². The average Bonchev–Trinajstić information content (AvgIpc) is 3.48. The summed E-state index contributed by atoms with van der Waals surface area (Å²) in [6.07, 6.45) is 5.65. The lowest BCUT2D eigenvalue weighted by Gasteiger charge is -2.37. The van der Waals surface area contributed by atoms with E-state index in [2.05, 4.69) is 29.2 Å². The molecule has 7 rings (SSSR count). The van der Waals surface area contributed by atoms with Crippen LogP contribution in [0.4, 0.5) is 5.69 Å². The minimum Gasteiger partial charge on any atom is -0.379 e. The van der Waals surface area contributed by atoms with Crippen LogP contribution in [0.1, 0.15) is 12.0 Å². The van der Waals surface area contributed by atoms with Gasteiger partial charge in [-0.2, -0.15) is 0 Å². The lowest BCUT2D eigenvalue weighted by atomic mass is 9.63. The average molecular weight is 364 g/mol. The molecule has 6 aliphatic rings. The van der Waals surface area contributed by atoms with Crippen molar-refractivity contribution in [1.82, 2.24) is 4.90 Å². The van der Waals surface area contributed by atoms with Crippen LogP contribution in [0.15, 0.2) is 36.4 Å². The molecule has 2 heterocycles. The van der Waals surface area contributed by atoms with Crippen LogP contribution in [0.3, 0.4) is 0 Å². The Bertz CT molecular complexity index is 790. The number of anilines is 1. The lowest BCUT2D eigenvalue weighted by molar-refractivity contribution is -0.124. The molecule has 27 heavy (non-hydrogen) atoms. The molecule has 4 fully saturated rings. The summed E-state index contributed by atoms with van der Waals surface area (Å²) < 4.78 is 5.40. The Morgan fingerprint density at radius 2 is 1.48 bits per heavy atom. The van der Waals surface area contributed by atoms with E-state index in [4.69, 9.17) is 4.74 Å². The number of nitrogens with zero attached hydrogens (tertiary/aromatic N) is 2. The Kier molecular flexibility index (Phi) is 3.42. The number of hydrogen-bond donors (Lipinski definition) is 0. The Labute approximate surface area is 159 Å². The van der Waals surface area contributed by atoms with Crippen LogP contribution in [0.5, 0.6) is 0 Å². The number of rotatable bonds is 3. The van der Waals surface area contributed by atoms with Gasteiger partial charge in [-0.3, -0.25) is 19.4 Å². The maximum atomic E-state index is 13.2. The maximum absolute atomic E-state index is 13.2. The minimum atomic E-state index is -0.121. The number of amides is 2. The van der Waals surface area contributed by atoms with Gasteiger partial charge >= 0.3 is 0 Å². The summed E-state index contributed by atoms with van der Waals surface area (Å²) >= 11 is 0. The van der Waals surface area contributed by atoms with Crippen molar-refractivity contribution in [1.29, 1.82) is 0 Å². The Morgan fingerprint density at radius 3 is 2.07 bits per heavy atom. The van der Waals surface area contributed by atoms with Gasteiger partial charge in [0.25, 0.3) is 0 Å². The summed E-state index contributed by atoms with van der Waals surface area (Å²) in [5, 5.41) is 0. The molecule has 6 atom stereocenters. The van der Waals surface area contributed by atoms with Gasteiger partial charge in [-0.05, 0) is 47.8 Å². The second kappa shape index (κ2) is 5.76. The highest BCUT2D eigenvalue weighted by molar-refractivity contribution is 6.22. The standard InChI is InChI=1S/C22H24N2O3/c25-21-19-15-5-6-16(18-11-17(15)18)20(19)22(26)24(21)14-3-1-13(2-4-14)12-23-7-9-27-10-8-23/h1-6,15-20H,7-12H2/t15-,16+,17-,18-,19+,20+/m1/s1. The van der Waals surface area contributed by atoms with Crippen LogP contribution < -0.4 is 4.90 Å². The van der Waals surface area contributed by atoms with Gasteiger partial charge < -0.3 is 4.74 Å². The fourth-order valence-corrected chi connectivity index (χ4v) is 5.98. The molecule has 5 nitrogen and oxygen atoms in total. The van der Waals surface area contributed by atoms with Gasteiger partial charge in [0.15, 0.2) is 0 Å². The van der Waals surface area contributed by atoms with Crippen LogP contribution in [-0.2, 0) is 20.9 Å². The number of allylic oxidation sites excluding steroid dienone is 2. The molecule has 0 unspecified atom stereocenters. The van der Waals surface area contributed by atoms with Gasteiger partial charge in [0.1, 0.15) is 0 Å².